The van der Waals surface area contributed by atoms with Crippen molar-refractivity contribution in [1.29, 1.82) is 0 Å². The highest BCUT2D eigenvalue weighted by atomic mass is 32.1. The van der Waals surface area contributed by atoms with Gasteiger partial charge in [0.05, 0.1) is 5.01 Å². The predicted octanol–water partition coefficient (Wildman–Crippen LogP) is 2.44. The molecular formula is C10H10N2S. The van der Waals surface area contributed by atoms with E-state index >= 15 is 0 Å². The van der Waals surface area contributed by atoms with Crippen molar-refractivity contribution in [3.05, 3.63) is 46.2 Å². The van der Waals surface area contributed by atoms with E-state index in [2.05, 4.69) is 23.0 Å². The van der Waals surface area contributed by atoms with E-state index in [-0.39, 0.29) is 0 Å². The van der Waals surface area contributed by atoms with Crippen molar-refractivity contribution in [2.75, 3.05) is 0 Å². The highest BCUT2D eigenvalue weighted by Gasteiger charge is 1.99. The first-order valence-electron chi connectivity index (χ1n) is 4.15. The summed E-state index contributed by atoms with van der Waals surface area (Å²) in [4.78, 5) is 9.63. The number of pyridine rings is 1. The number of rotatable bonds is 2. The summed E-state index contributed by atoms with van der Waals surface area (Å²) in [5.41, 5.74) is 1.22. The summed E-state index contributed by atoms with van der Waals surface area (Å²) in [6.45, 7) is 2.07. The van der Waals surface area contributed by atoms with E-state index in [1.165, 1.54) is 10.4 Å². The molecular weight excluding hydrogens is 180 g/mol. The molecule has 0 aliphatic heterocycles. The molecule has 2 aromatic heterocycles. The molecule has 3 heteroatoms. The standard InChI is InChI=1S/C10H10N2S/c1-8-6-12-10(13-8)5-9-3-2-4-11-7-9/h2-4,6-7H,5H2,1H3. The molecule has 13 heavy (non-hydrogen) atoms. The Morgan fingerprint density at radius 2 is 2.31 bits per heavy atom. The van der Waals surface area contributed by atoms with Crippen molar-refractivity contribution in [2.45, 2.75) is 13.3 Å². The van der Waals surface area contributed by atoms with Crippen LogP contribution in [0, 0.1) is 6.92 Å². The molecule has 0 atom stereocenters. The first kappa shape index (κ1) is 8.38. The van der Waals surface area contributed by atoms with Crippen LogP contribution in [0.5, 0.6) is 0 Å². The lowest BCUT2D eigenvalue weighted by Crippen LogP contribution is -1.86. The third-order valence-corrected chi connectivity index (χ3v) is 2.66. The van der Waals surface area contributed by atoms with E-state index in [4.69, 9.17) is 0 Å². The normalized spacial score (nSPS) is 10.2. The van der Waals surface area contributed by atoms with Gasteiger partial charge < -0.3 is 0 Å². The second kappa shape index (κ2) is 3.66. The Morgan fingerprint density at radius 1 is 1.38 bits per heavy atom. The van der Waals surface area contributed by atoms with Crippen LogP contribution in [0.1, 0.15) is 15.4 Å². The van der Waals surface area contributed by atoms with Crippen LogP contribution in [0.3, 0.4) is 0 Å². The summed E-state index contributed by atoms with van der Waals surface area (Å²) in [5, 5.41) is 1.16. The summed E-state index contributed by atoms with van der Waals surface area (Å²) >= 11 is 1.74. The second-order valence-electron chi connectivity index (χ2n) is 2.90. The molecule has 0 unspecified atom stereocenters. The van der Waals surface area contributed by atoms with E-state index in [1.807, 2.05) is 18.5 Å². The quantitative estimate of drug-likeness (QED) is 0.727. The molecule has 2 heterocycles. The van der Waals surface area contributed by atoms with Gasteiger partial charge in [0.2, 0.25) is 0 Å². The number of hydrogen-bond donors (Lipinski definition) is 0. The highest BCUT2D eigenvalue weighted by molar-refractivity contribution is 7.11. The SMILES string of the molecule is Cc1cnc(Cc2cccnc2)s1. The lowest BCUT2D eigenvalue weighted by molar-refractivity contribution is 1.11. The van der Waals surface area contributed by atoms with Crippen molar-refractivity contribution in [2.24, 2.45) is 0 Å². The molecule has 66 valence electrons. The summed E-state index contributed by atoms with van der Waals surface area (Å²) in [7, 11) is 0. The molecule has 0 aromatic carbocycles. The lowest BCUT2D eigenvalue weighted by atomic mass is 10.2. The third-order valence-electron chi connectivity index (χ3n) is 1.75. The third kappa shape index (κ3) is 2.12. The van der Waals surface area contributed by atoms with E-state index in [9.17, 15) is 0 Å². The molecule has 0 aliphatic carbocycles. The van der Waals surface area contributed by atoms with E-state index in [0.29, 0.717) is 0 Å². The molecule has 0 radical (unpaired) electrons. The zero-order valence-corrected chi connectivity index (χ0v) is 8.21. The van der Waals surface area contributed by atoms with Crippen LogP contribution in [0.25, 0.3) is 0 Å². The van der Waals surface area contributed by atoms with Gasteiger partial charge in [-0.2, -0.15) is 0 Å². The van der Waals surface area contributed by atoms with Crippen molar-refractivity contribution in [3.8, 4) is 0 Å². The number of nitrogens with zero attached hydrogens (tertiary/aromatic N) is 2. The smallest absolute Gasteiger partial charge is 0.0971 e. The summed E-state index contributed by atoms with van der Waals surface area (Å²) < 4.78 is 0. The first-order valence-corrected chi connectivity index (χ1v) is 4.96. The van der Waals surface area contributed by atoms with Crippen molar-refractivity contribution in [1.82, 2.24) is 9.97 Å². The van der Waals surface area contributed by atoms with Gasteiger partial charge in [0.25, 0.3) is 0 Å². The predicted molar refractivity (Wildman–Crippen MR) is 53.9 cm³/mol. The number of aryl methyl sites for hydroxylation is 1. The Morgan fingerprint density at radius 3 is 2.92 bits per heavy atom. The fourth-order valence-electron chi connectivity index (χ4n) is 1.16. The maximum absolute atomic E-state index is 4.30. The summed E-state index contributed by atoms with van der Waals surface area (Å²) in [6, 6.07) is 4.03. The van der Waals surface area contributed by atoms with Crippen LogP contribution in [-0.4, -0.2) is 9.97 Å². The average Bonchev–Trinajstić information content (AvgIpc) is 2.53. The van der Waals surface area contributed by atoms with Gasteiger partial charge in [-0.1, -0.05) is 6.07 Å². The molecule has 0 fully saturated rings. The molecule has 0 amide bonds. The molecule has 2 aromatic rings. The van der Waals surface area contributed by atoms with Crippen LogP contribution in [0.15, 0.2) is 30.7 Å². The maximum atomic E-state index is 4.30. The molecule has 0 N–H and O–H groups in total. The van der Waals surface area contributed by atoms with Crippen LogP contribution >= 0.6 is 11.3 Å². The molecule has 2 nitrogen and oxygen atoms in total. The number of thiazole rings is 1. The fourth-order valence-corrected chi connectivity index (χ4v) is 1.98. The maximum Gasteiger partial charge on any atom is 0.0971 e. The van der Waals surface area contributed by atoms with Gasteiger partial charge in [0.15, 0.2) is 0 Å². The molecule has 0 saturated heterocycles. The van der Waals surface area contributed by atoms with Crippen LogP contribution in [0.2, 0.25) is 0 Å². The minimum atomic E-state index is 0.895. The van der Waals surface area contributed by atoms with Crippen LogP contribution in [-0.2, 0) is 6.42 Å². The monoisotopic (exact) mass is 190 g/mol. The van der Waals surface area contributed by atoms with E-state index in [0.717, 1.165) is 11.4 Å². The Hall–Kier alpha value is -1.22. The zero-order valence-electron chi connectivity index (χ0n) is 7.40. The number of aromatic nitrogens is 2. The van der Waals surface area contributed by atoms with Gasteiger partial charge >= 0.3 is 0 Å². The van der Waals surface area contributed by atoms with Gasteiger partial charge in [-0.15, -0.1) is 11.3 Å². The zero-order chi connectivity index (χ0) is 9.10. The summed E-state index contributed by atoms with van der Waals surface area (Å²) in [6.07, 6.45) is 6.48. The largest absolute Gasteiger partial charge is 0.264 e. The minimum absolute atomic E-state index is 0.895. The van der Waals surface area contributed by atoms with Gasteiger partial charge in [0.1, 0.15) is 0 Å². The van der Waals surface area contributed by atoms with Crippen molar-refractivity contribution < 1.29 is 0 Å². The van der Waals surface area contributed by atoms with Crippen molar-refractivity contribution >= 4 is 11.3 Å². The topological polar surface area (TPSA) is 25.8 Å². The van der Waals surface area contributed by atoms with Gasteiger partial charge in [-0.3, -0.25) is 4.98 Å². The van der Waals surface area contributed by atoms with Gasteiger partial charge in [-0.05, 0) is 18.6 Å². The van der Waals surface area contributed by atoms with Crippen LogP contribution < -0.4 is 0 Å². The first-order chi connectivity index (χ1) is 6.34. The second-order valence-corrected chi connectivity index (χ2v) is 4.22. The fraction of sp³-hybridized carbons (Fsp3) is 0.200. The van der Waals surface area contributed by atoms with E-state index < -0.39 is 0 Å². The Balaban J connectivity index is 2.15. The Kier molecular flexibility index (Phi) is 2.36. The van der Waals surface area contributed by atoms with E-state index in [1.54, 1.807) is 17.5 Å². The molecule has 0 bridgehead atoms. The summed E-state index contributed by atoms with van der Waals surface area (Å²) in [5.74, 6) is 0. The molecule has 0 spiro atoms. The van der Waals surface area contributed by atoms with Gasteiger partial charge in [0, 0.05) is 29.9 Å². The lowest BCUT2D eigenvalue weighted by Gasteiger charge is -1.94. The van der Waals surface area contributed by atoms with Crippen molar-refractivity contribution in [3.63, 3.8) is 0 Å². The molecule has 2 rings (SSSR count). The minimum Gasteiger partial charge on any atom is -0.264 e. The highest BCUT2D eigenvalue weighted by Crippen LogP contribution is 2.14. The van der Waals surface area contributed by atoms with Gasteiger partial charge in [-0.25, -0.2) is 4.98 Å². The average molecular weight is 190 g/mol. The molecule has 0 aliphatic rings. The number of hydrogen-bond acceptors (Lipinski definition) is 3. The Labute approximate surface area is 81.3 Å². The van der Waals surface area contributed by atoms with Crippen LogP contribution in [0.4, 0.5) is 0 Å². The Bertz CT molecular complexity index is 381. The molecule has 0 saturated carbocycles.